The van der Waals surface area contributed by atoms with Gasteiger partial charge < -0.3 is 14.8 Å². The maximum Gasteiger partial charge on any atom is 0.341 e. The predicted molar refractivity (Wildman–Crippen MR) is 82.0 cm³/mol. The molecule has 1 saturated heterocycles. The zero-order valence-electron chi connectivity index (χ0n) is 12.7. The number of anilines is 1. The molecule has 2 rings (SSSR count). The molecule has 1 fully saturated rings. The minimum absolute atomic E-state index is 0.179. The van der Waals surface area contributed by atoms with E-state index in [9.17, 15) is 9.59 Å². The highest BCUT2D eigenvalue weighted by molar-refractivity contribution is 7.16. The van der Waals surface area contributed by atoms with E-state index in [2.05, 4.69) is 5.32 Å². The molecule has 1 aliphatic heterocycles. The Labute approximate surface area is 128 Å². The summed E-state index contributed by atoms with van der Waals surface area (Å²) >= 11 is 1.42. The third kappa shape index (κ3) is 3.44. The van der Waals surface area contributed by atoms with Crippen molar-refractivity contribution in [2.24, 2.45) is 0 Å². The van der Waals surface area contributed by atoms with E-state index in [1.165, 1.54) is 11.3 Å². The quantitative estimate of drug-likeness (QED) is 0.849. The van der Waals surface area contributed by atoms with Gasteiger partial charge in [0.2, 0.25) is 0 Å². The fourth-order valence-electron chi connectivity index (χ4n) is 2.49. The van der Waals surface area contributed by atoms with Gasteiger partial charge in [0, 0.05) is 11.5 Å². The lowest BCUT2D eigenvalue weighted by molar-refractivity contribution is -0.124. The zero-order chi connectivity index (χ0) is 15.4. The van der Waals surface area contributed by atoms with Crippen molar-refractivity contribution in [2.45, 2.75) is 46.1 Å². The summed E-state index contributed by atoms with van der Waals surface area (Å²) in [6.07, 6.45) is 1.94. The van der Waals surface area contributed by atoms with Crippen molar-refractivity contribution < 1.29 is 19.1 Å². The lowest BCUT2D eigenvalue weighted by Gasteiger charge is -2.11. The Hall–Kier alpha value is -1.40. The number of amides is 1. The van der Waals surface area contributed by atoms with Gasteiger partial charge in [0.1, 0.15) is 11.1 Å². The van der Waals surface area contributed by atoms with Gasteiger partial charge in [0.15, 0.2) is 0 Å². The zero-order valence-corrected chi connectivity index (χ0v) is 13.5. The maximum atomic E-state index is 12.2. The highest BCUT2D eigenvalue weighted by Crippen LogP contribution is 2.34. The van der Waals surface area contributed by atoms with Crippen LogP contribution in [-0.4, -0.2) is 31.2 Å². The summed E-state index contributed by atoms with van der Waals surface area (Å²) < 4.78 is 10.5. The molecule has 0 aromatic carbocycles. The van der Waals surface area contributed by atoms with Gasteiger partial charge in [-0.3, -0.25) is 4.79 Å². The number of carbonyl (C=O) groups is 2. The van der Waals surface area contributed by atoms with Gasteiger partial charge >= 0.3 is 5.97 Å². The largest absolute Gasteiger partial charge is 0.462 e. The van der Waals surface area contributed by atoms with E-state index in [0.29, 0.717) is 23.8 Å². The number of aryl methyl sites for hydroxylation is 1. The van der Waals surface area contributed by atoms with Crippen LogP contribution in [0.5, 0.6) is 0 Å². The third-order valence-corrected chi connectivity index (χ3v) is 4.56. The molecule has 6 heteroatoms. The number of hydrogen-bond donors (Lipinski definition) is 1. The number of esters is 1. The summed E-state index contributed by atoms with van der Waals surface area (Å²) in [5.41, 5.74) is 1.44. The number of thiophene rings is 1. The van der Waals surface area contributed by atoms with Crippen molar-refractivity contribution in [3.8, 4) is 0 Å². The second-order valence-electron chi connectivity index (χ2n) is 4.91. The topological polar surface area (TPSA) is 64.6 Å². The van der Waals surface area contributed by atoms with E-state index >= 15 is 0 Å². The average Bonchev–Trinajstić information content (AvgIpc) is 3.06. The first kappa shape index (κ1) is 16.0. The number of ether oxygens (including phenoxy) is 2. The minimum Gasteiger partial charge on any atom is -0.462 e. The van der Waals surface area contributed by atoms with Gasteiger partial charge in [-0.1, -0.05) is 6.92 Å². The Kier molecular flexibility index (Phi) is 5.36. The molecule has 1 atom stereocenters. The minimum atomic E-state index is -0.410. The molecule has 5 nitrogen and oxygen atoms in total. The molecule has 0 saturated carbocycles. The molecule has 0 radical (unpaired) electrons. The number of hydrogen-bond acceptors (Lipinski definition) is 5. The Morgan fingerprint density at radius 3 is 2.76 bits per heavy atom. The van der Waals surface area contributed by atoms with Crippen LogP contribution in [0.25, 0.3) is 0 Å². The summed E-state index contributed by atoms with van der Waals surface area (Å²) in [7, 11) is 0. The molecule has 1 amide bonds. The molecule has 0 spiro atoms. The number of rotatable bonds is 5. The first-order chi connectivity index (χ1) is 10.1. The predicted octanol–water partition coefficient (Wildman–Crippen LogP) is 2.91. The second kappa shape index (κ2) is 7.04. The first-order valence-corrected chi connectivity index (χ1v) is 8.11. The molecule has 0 bridgehead atoms. The molecule has 1 aromatic heterocycles. The summed E-state index contributed by atoms with van der Waals surface area (Å²) in [5.74, 6) is -0.553. The van der Waals surface area contributed by atoms with Gasteiger partial charge in [-0.25, -0.2) is 4.79 Å². The van der Waals surface area contributed by atoms with Crippen LogP contribution in [0.2, 0.25) is 0 Å². The van der Waals surface area contributed by atoms with E-state index in [4.69, 9.17) is 9.47 Å². The molecule has 1 aliphatic rings. The molecule has 116 valence electrons. The highest BCUT2D eigenvalue weighted by Gasteiger charge is 2.28. The molecule has 2 heterocycles. The molecule has 0 aliphatic carbocycles. The van der Waals surface area contributed by atoms with Crippen LogP contribution in [0, 0.1) is 6.92 Å². The van der Waals surface area contributed by atoms with Crippen molar-refractivity contribution in [1.82, 2.24) is 0 Å². The molecule has 1 aromatic rings. The van der Waals surface area contributed by atoms with Crippen LogP contribution in [0.4, 0.5) is 5.00 Å². The molecule has 1 N–H and O–H groups in total. The number of carbonyl (C=O) groups excluding carboxylic acids is 2. The standard InChI is InChI=1S/C15H21NO4S/c1-4-10-9(3)21-14(12(10)15(18)19-5-2)16-13(17)11-7-6-8-20-11/h11H,4-8H2,1-3H3,(H,16,17)/t11-/m1/s1. The summed E-state index contributed by atoms with van der Waals surface area (Å²) in [5, 5.41) is 3.41. The third-order valence-electron chi connectivity index (χ3n) is 3.50. The maximum absolute atomic E-state index is 12.2. The van der Waals surface area contributed by atoms with E-state index < -0.39 is 6.10 Å². The van der Waals surface area contributed by atoms with Crippen LogP contribution in [-0.2, 0) is 20.7 Å². The van der Waals surface area contributed by atoms with E-state index in [0.717, 1.165) is 29.7 Å². The van der Waals surface area contributed by atoms with Crippen molar-refractivity contribution in [2.75, 3.05) is 18.5 Å². The summed E-state index contributed by atoms with van der Waals surface area (Å²) in [6, 6.07) is 0. The normalized spacial score (nSPS) is 17.8. The van der Waals surface area contributed by atoms with Crippen LogP contribution >= 0.6 is 11.3 Å². The Morgan fingerprint density at radius 1 is 1.43 bits per heavy atom. The van der Waals surface area contributed by atoms with Crippen molar-refractivity contribution in [3.05, 3.63) is 16.0 Å². The lowest BCUT2D eigenvalue weighted by Crippen LogP contribution is -2.27. The second-order valence-corrected chi connectivity index (χ2v) is 6.13. The molecular weight excluding hydrogens is 290 g/mol. The van der Waals surface area contributed by atoms with Gasteiger partial charge in [-0.05, 0) is 38.7 Å². The van der Waals surface area contributed by atoms with Gasteiger partial charge in [0.25, 0.3) is 5.91 Å². The van der Waals surface area contributed by atoms with Gasteiger partial charge in [-0.15, -0.1) is 11.3 Å². The van der Waals surface area contributed by atoms with E-state index in [1.54, 1.807) is 6.92 Å². The van der Waals surface area contributed by atoms with Gasteiger partial charge in [-0.2, -0.15) is 0 Å². The average molecular weight is 311 g/mol. The van der Waals surface area contributed by atoms with Crippen molar-refractivity contribution >= 4 is 28.2 Å². The lowest BCUT2D eigenvalue weighted by atomic mass is 10.1. The van der Waals surface area contributed by atoms with Crippen LogP contribution in [0.3, 0.4) is 0 Å². The summed E-state index contributed by atoms with van der Waals surface area (Å²) in [4.78, 5) is 25.4. The van der Waals surface area contributed by atoms with E-state index in [-0.39, 0.29) is 11.9 Å². The highest BCUT2D eigenvalue weighted by atomic mass is 32.1. The van der Waals surface area contributed by atoms with Crippen molar-refractivity contribution in [1.29, 1.82) is 0 Å². The van der Waals surface area contributed by atoms with E-state index in [1.807, 2.05) is 13.8 Å². The first-order valence-electron chi connectivity index (χ1n) is 7.30. The number of nitrogens with one attached hydrogen (secondary N) is 1. The SMILES string of the molecule is CCOC(=O)c1c(NC(=O)[C@H]2CCCO2)sc(C)c1CC. The van der Waals surface area contributed by atoms with Crippen LogP contribution < -0.4 is 5.32 Å². The fourth-order valence-corrected chi connectivity index (χ4v) is 3.62. The molecule has 21 heavy (non-hydrogen) atoms. The van der Waals surface area contributed by atoms with Gasteiger partial charge in [0.05, 0.1) is 12.2 Å². The van der Waals surface area contributed by atoms with Crippen molar-refractivity contribution in [3.63, 3.8) is 0 Å². The Bertz CT molecular complexity index is 532. The monoisotopic (exact) mass is 311 g/mol. The Balaban J connectivity index is 2.25. The fraction of sp³-hybridized carbons (Fsp3) is 0.600. The molecular formula is C15H21NO4S. The smallest absolute Gasteiger partial charge is 0.341 e. The molecule has 0 unspecified atom stereocenters. The Morgan fingerprint density at radius 2 is 2.19 bits per heavy atom. The van der Waals surface area contributed by atoms with Crippen LogP contribution in [0.1, 0.15) is 47.5 Å². The van der Waals surface area contributed by atoms with Crippen LogP contribution in [0.15, 0.2) is 0 Å². The summed E-state index contributed by atoms with van der Waals surface area (Å²) in [6.45, 7) is 6.65.